The SMILES string of the molecule is COC(=O)c1ccc(NC(=O)/C(C#N)=C/c2cccs2)cc1. The standard InChI is InChI=1S/C16H12N2O3S/c1-21-16(20)11-4-6-13(7-5-11)18-15(19)12(10-17)9-14-3-2-8-22-14/h2-9H,1H3,(H,18,19)/b12-9+. The van der Waals surface area contributed by atoms with Crippen molar-refractivity contribution in [2.24, 2.45) is 0 Å². The molecule has 2 rings (SSSR count). The number of nitriles is 1. The number of esters is 1. The number of carbonyl (C=O) groups excluding carboxylic acids is 2. The van der Waals surface area contributed by atoms with Crippen LogP contribution in [0.15, 0.2) is 47.4 Å². The monoisotopic (exact) mass is 312 g/mol. The summed E-state index contributed by atoms with van der Waals surface area (Å²) >= 11 is 1.44. The zero-order valence-corrected chi connectivity index (χ0v) is 12.5. The van der Waals surface area contributed by atoms with Crippen molar-refractivity contribution >= 4 is 35.0 Å². The van der Waals surface area contributed by atoms with Crippen molar-refractivity contribution in [3.05, 3.63) is 57.8 Å². The second kappa shape index (κ2) is 7.20. The number of hydrogen-bond donors (Lipinski definition) is 1. The normalized spacial score (nSPS) is 10.6. The van der Waals surface area contributed by atoms with E-state index in [1.165, 1.54) is 36.7 Å². The van der Waals surface area contributed by atoms with E-state index in [9.17, 15) is 9.59 Å². The maximum Gasteiger partial charge on any atom is 0.337 e. The van der Waals surface area contributed by atoms with E-state index in [0.29, 0.717) is 11.3 Å². The minimum atomic E-state index is -0.498. The first-order chi connectivity index (χ1) is 10.6. The van der Waals surface area contributed by atoms with Gasteiger partial charge < -0.3 is 10.1 Å². The second-order valence-electron chi connectivity index (χ2n) is 4.21. The van der Waals surface area contributed by atoms with Crippen molar-refractivity contribution in [1.29, 1.82) is 5.26 Å². The molecule has 0 radical (unpaired) electrons. The number of rotatable bonds is 4. The molecule has 2 aromatic rings. The molecular formula is C16H12N2O3S. The maximum atomic E-state index is 12.1. The lowest BCUT2D eigenvalue weighted by Gasteiger charge is -2.05. The highest BCUT2D eigenvalue weighted by Crippen LogP contribution is 2.15. The molecule has 0 unspecified atom stereocenters. The number of methoxy groups -OCH3 is 1. The number of benzene rings is 1. The quantitative estimate of drug-likeness (QED) is 0.534. The van der Waals surface area contributed by atoms with Gasteiger partial charge in [-0.25, -0.2) is 4.79 Å². The molecule has 1 aromatic heterocycles. The van der Waals surface area contributed by atoms with Crippen molar-refractivity contribution in [1.82, 2.24) is 0 Å². The Morgan fingerprint density at radius 2 is 2.00 bits per heavy atom. The fraction of sp³-hybridized carbons (Fsp3) is 0.0625. The molecule has 22 heavy (non-hydrogen) atoms. The van der Waals surface area contributed by atoms with Gasteiger partial charge >= 0.3 is 5.97 Å². The number of ether oxygens (including phenoxy) is 1. The number of thiophene rings is 1. The van der Waals surface area contributed by atoms with Crippen LogP contribution in [-0.2, 0) is 9.53 Å². The van der Waals surface area contributed by atoms with Gasteiger partial charge in [-0.2, -0.15) is 5.26 Å². The van der Waals surface area contributed by atoms with Gasteiger partial charge in [-0.15, -0.1) is 11.3 Å². The van der Waals surface area contributed by atoms with E-state index in [1.54, 1.807) is 12.1 Å². The average Bonchev–Trinajstić information content (AvgIpc) is 3.05. The predicted octanol–water partition coefficient (Wildman–Crippen LogP) is 3.08. The summed E-state index contributed by atoms with van der Waals surface area (Å²) in [6.45, 7) is 0. The molecule has 110 valence electrons. The van der Waals surface area contributed by atoms with Gasteiger partial charge in [0.2, 0.25) is 0 Å². The Hall–Kier alpha value is -2.91. The van der Waals surface area contributed by atoms with Crippen molar-refractivity contribution in [3.8, 4) is 6.07 Å². The third-order valence-corrected chi connectivity index (χ3v) is 3.58. The number of anilines is 1. The first kappa shape index (κ1) is 15.5. The molecule has 0 fully saturated rings. The van der Waals surface area contributed by atoms with Gasteiger partial charge in [0.15, 0.2) is 0 Å². The van der Waals surface area contributed by atoms with Crippen LogP contribution in [-0.4, -0.2) is 19.0 Å². The minimum absolute atomic E-state index is 0.0134. The maximum absolute atomic E-state index is 12.1. The van der Waals surface area contributed by atoms with Gasteiger partial charge in [0.25, 0.3) is 5.91 Å². The molecule has 1 aromatic carbocycles. The molecule has 0 atom stereocenters. The lowest BCUT2D eigenvalue weighted by atomic mass is 10.2. The fourth-order valence-electron chi connectivity index (χ4n) is 1.67. The molecule has 0 aliphatic rings. The number of amides is 1. The average molecular weight is 312 g/mol. The lowest BCUT2D eigenvalue weighted by Crippen LogP contribution is -2.13. The molecule has 1 heterocycles. The van der Waals surface area contributed by atoms with E-state index in [1.807, 2.05) is 23.6 Å². The molecule has 0 aliphatic heterocycles. The van der Waals surface area contributed by atoms with Crippen LogP contribution in [0.1, 0.15) is 15.2 Å². The summed E-state index contributed by atoms with van der Waals surface area (Å²) in [4.78, 5) is 24.2. The van der Waals surface area contributed by atoms with Crippen molar-refractivity contribution < 1.29 is 14.3 Å². The van der Waals surface area contributed by atoms with Crippen LogP contribution < -0.4 is 5.32 Å². The largest absolute Gasteiger partial charge is 0.465 e. The highest BCUT2D eigenvalue weighted by atomic mass is 32.1. The fourth-order valence-corrected chi connectivity index (χ4v) is 2.33. The Kier molecular flexibility index (Phi) is 5.07. The van der Waals surface area contributed by atoms with Gasteiger partial charge in [0, 0.05) is 10.6 Å². The van der Waals surface area contributed by atoms with Crippen LogP contribution in [0.2, 0.25) is 0 Å². The zero-order chi connectivity index (χ0) is 15.9. The highest BCUT2D eigenvalue weighted by Gasteiger charge is 2.10. The number of hydrogen-bond acceptors (Lipinski definition) is 5. The van der Waals surface area contributed by atoms with E-state index < -0.39 is 11.9 Å². The van der Waals surface area contributed by atoms with Gasteiger partial charge in [-0.3, -0.25) is 4.79 Å². The first-order valence-corrected chi connectivity index (χ1v) is 7.17. The predicted molar refractivity (Wildman–Crippen MR) is 84.3 cm³/mol. The van der Waals surface area contributed by atoms with Crippen molar-refractivity contribution in [2.45, 2.75) is 0 Å². The molecule has 0 aliphatic carbocycles. The third kappa shape index (κ3) is 3.81. The zero-order valence-electron chi connectivity index (χ0n) is 11.7. The molecule has 5 nitrogen and oxygen atoms in total. The summed E-state index contributed by atoms with van der Waals surface area (Å²) in [6.07, 6.45) is 1.53. The number of nitrogens with one attached hydrogen (secondary N) is 1. The Morgan fingerprint density at radius 3 is 2.55 bits per heavy atom. The molecular weight excluding hydrogens is 300 g/mol. The van der Waals surface area contributed by atoms with E-state index >= 15 is 0 Å². The number of carbonyl (C=O) groups is 2. The first-order valence-electron chi connectivity index (χ1n) is 6.29. The Labute approximate surface area is 131 Å². The summed E-state index contributed by atoms with van der Waals surface area (Å²) in [5.74, 6) is -0.949. The van der Waals surface area contributed by atoms with E-state index in [-0.39, 0.29) is 5.57 Å². The molecule has 1 amide bonds. The molecule has 0 saturated carbocycles. The van der Waals surface area contributed by atoms with Gasteiger partial charge in [-0.05, 0) is 41.8 Å². The van der Waals surface area contributed by atoms with Crippen LogP contribution in [0.25, 0.3) is 6.08 Å². The molecule has 6 heteroatoms. The Morgan fingerprint density at radius 1 is 1.27 bits per heavy atom. The Bertz CT molecular complexity index is 741. The van der Waals surface area contributed by atoms with Crippen LogP contribution >= 0.6 is 11.3 Å². The van der Waals surface area contributed by atoms with E-state index in [0.717, 1.165) is 4.88 Å². The van der Waals surface area contributed by atoms with Crippen LogP contribution in [0, 0.1) is 11.3 Å². The molecule has 0 saturated heterocycles. The third-order valence-electron chi connectivity index (χ3n) is 2.76. The molecule has 1 N–H and O–H groups in total. The smallest absolute Gasteiger partial charge is 0.337 e. The van der Waals surface area contributed by atoms with Gasteiger partial charge in [0.1, 0.15) is 11.6 Å². The molecule has 0 spiro atoms. The topological polar surface area (TPSA) is 79.2 Å². The summed E-state index contributed by atoms with van der Waals surface area (Å²) in [5.41, 5.74) is 0.889. The van der Waals surface area contributed by atoms with Crippen LogP contribution in [0.3, 0.4) is 0 Å². The lowest BCUT2D eigenvalue weighted by molar-refractivity contribution is -0.112. The second-order valence-corrected chi connectivity index (χ2v) is 5.19. The van der Waals surface area contributed by atoms with Crippen molar-refractivity contribution in [3.63, 3.8) is 0 Å². The Balaban J connectivity index is 2.11. The summed E-state index contributed by atoms with van der Waals surface area (Å²) in [6, 6.07) is 11.8. The van der Waals surface area contributed by atoms with Crippen molar-refractivity contribution in [2.75, 3.05) is 12.4 Å². The van der Waals surface area contributed by atoms with E-state index in [4.69, 9.17) is 5.26 Å². The minimum Gasteiger partial charge on any atom is -0.465 e. The van der Waals surface area contributed by atoms with Gasteiger partial charge in [-0.1, -0.05) is 6.07 Å². The van der Waals surface area contributed by atoms with Crippen LogP contribution in [0.5, 0.6) is 0 Å². The van der Waals surface area contributed by atoms with Crippen LogP contribution in [0.4, 0.5) is 5.69 Å². The molecule has 0 bridgehead atoms. The summed E-state index contributed by atoms with van der Waals surface area (Å²) in [5, 5.41) is 13.6. The van der Waals surface area contributed by atoms with E-state index in [2.05, 4.69) is 10.1 Å². The number of nitrogens with zero attached hydrogens (tertiary/aromatic N) is 1. The summed E-state index contributed by atoms with van der Waals surface area (Å²) in [7, 11) is 1.30. The summed E-state index contributed by atoms with van der Waals surface area (Å²) < 4.78 is 4.59. The highest BCUT2D eigenvalue weighted by molar-refractivity contribution is 7.10. The van der Waals surface area contributed by atoms with Gasteiger partial charge in [0.05, 0.1) is 12.7 Å².